The molecule has 2 aromatic rings. The third kappa shape index (κ3) is 3.54. The number of ether oxygens (including phenoxy) is 1. The first-order valence-corrected chi connectivity index (χ1v) is 7.99. The summed E-state index contributed by atoms with van der Waals surface area (Å²) in [6, 6.07) is 13.7. The number of carbonyl (C=O) groups is 1. The lowest BCUT2D eigenvalue weighted by Crippen LogP contribution is -2.35. The molecule has 3 rings (SSSR count). The Morgan fingerprint density at radius 3 is 2.31 bits per heavy atom. The van der Waals surface area contributed by atoms with Crippen molar-refractivity contribution in [3.05, 3.63) is 83.9 Å². The number of alkyl halides is 3. The zero-order valence-electron chi connectivity index (χ0n) is 13.8. The largest absolute Gasteiger partial charge is 0.416 e. The van der Waals surface area contributed by atoms with Crippen LogP contribution in [0.4, 0.5) is 13.2 Å². The van der Waals surface area contributed by atoms with Gasteiger partial charge >= 0.3 is 12.1 Å². The molecule has 0 radical (unpaired) electrons. The van der Waals surface area contributed by atoms with E-state index in [-0.39, 0.29) is 12.3 Å². The standard InChI is InChI=1S/C20H16F3NO2/c1-2-12-19(13-14-6-4-3-5-7-14)18(25)26-17(24-19)15-8-10-16(11-9-15)20(21,22)23/h2-11H,1,12-13H2/t19-/m0/s1. The Morgan fingerprint density at radius 1 is 1.08 bits per heavy atom. The Bertz CT molecular complexity index is 842. The highest BCUT2D eigenvalue weighted by Gasteiger charge is 2.45. The molecule has 3 nitrogen and oxygen atoms in total. The Kier molecular flexibility index (Phi) is 4.68. The highest BCUT2D eigenvalue weighted by molar-refractivity contribution is 6.08. The summed E-state index contributed by atoms with van der Waals surface area (Å²) in [7, 11) is 0. The van der Waals surface area contributed by atoms with Crippen LogP contribution < -0.4 is 0 Å². The van der Waals surface area contributed by atoms with E-state index < -0.39 is 23.2 Å². The number of benzene rings is 2. The minimum atomic E-state index is -4.42. The zero-order valence-corrected chi connectivity index (χ0v) is 13.8. The maximum Gasteiger partial charge on any atom is 0.416 e. The molecule has 0 N–H and O–H groups in total. The molecule has 6 heteroatoms. The topological polar surface area (TPSA) is 38.7 Å². The number of nitrogens with zero attached hydrogens (tertiary/aromatic N) is 1. The summed E-state index contributed by atoms with van der Waals surface area (Å²) in [6.45, 7) is 3.68. The molecule has 0 spiro atoms. The van der Waals surface area contributed by atoms with Crippen LogP contribution in [0.3, 0.4) is 0 Å². The maximum absolute atomic E-state index is 12.7. The van der Waals surface area contributed by atoms with Crippen LogP contribution in [0, 0.1) is 0 Å². The second kappa shape index (κ2) is 6.78. The predicted molar refractivity (Wildman–Crippen MR) is 91.8 cm³/mol. The number of cyclic esters (lactones) is 1. The van der Waals surface area contributed by atoms with Crippen LogP contribution in [0.2, 0.25) is 0 Å². The van der Waals surface area contributed by atoms with E-state index in [1.165, 1.54) is 12.1 Å². The molecule has 0 aromatic heterocycles. The van der Waals surface area contributed by atoms with Crippen molar-refractivity contribution < 1.29 is 22.7 Å². The van der Waals surface area contributed by atoms with Crippen molar-refractivity contribution >= 4 is 11.9 Å². The number of esters is 1. The van der Waals surface area contributed by atoms with Gasteiger partial charge in [-0.15, -0.1) is 6.58 Å². The van der Waals surface area contributed by atoms with Crippen LogP contribution in [-0.4, -0.2) is 17.4 Å². The fourth-order valence-corrected chi connectivity index (χ4v) is 2.86. The van der Waals surface area contributed by atoms with Crippen LogP contribution in [0.5, 0.6) is 0 Å². The second-order valence-corrected chi connectivity index (χ2v) is 6.07. The van der Waals surface area contributed by atoms with E-state index in [1.54, 1.807) is 6.08 Å². The summed E-state index contributed by atoms with van der Waals surface area (Å²) in [4.78, 5) is 17.0. The van der Waals surface area contributed by atoms with Crippen LogP contribution >= 0.6 is 0 Å². The van der Waals surface area contributed by atoms with Gasteiger partial charge in [0.15, 0.2) is 5.54 Å². The molecule has 0 unspecified atom stereocenters. The van der Waals surface area contributed by atoms with Gasteiger partial charge in [-0.05, 0) is 29.8 Å². The molecule has 134 valence electrons. The van der Waals surface area contributed by atoms with E-state index in [0.29, 0.717) is 12.0 Å². The molecule has 0 saturated heterocycles. The van der Waals surface area contributed by atoms with Gasteiger partial charge in [-0.25, -0.2) is 9.79 Å². The van der Waals surface area contributed by atoms with Crippen molar-refractivity contribution in [2.75, 3.05) is 0 Å². The van der Waals surface area contributed by atoms with Crippen LogP contribution in [0.15, 0.2) is 72.2 Å². The maximum atomic E-state index is 12.7. The molecule has 1 aliphatic rings. The van der Waals surface area contributed by atoms with Gasteiger partial charge in [-0.1, -0.05) is 36.4 Å². The minimum Gasteiger partial charge on any atom is -0.405 e. The number of rotatable bonds is 5. The number of aliphatic imine (C=N–C) groups is 1. The SMILES string of the molecule is C=CC[C@@]1(Cc2ccccc2)N=C(c2ccc(C(F)(F)F)cc2)OC1=O. The van der Waals surface area contributed by atoms with Crippen molar-refractivity contribution in [3.8, 4) is 0 Å². The lowest BCUT2D eigenvalue weighted by molar-refractivity contribution is -0.139. The Balaban J connectivity index is 1.93. The Labute approximate surface area is 148 Å². The normalized spacial score (nSPS) is 19.8. The Hall–Kier alpha value is -2.89. The number of halogens is 3. The fraction of sp³-hybridized carbons (Fsp3) is 0.200. The summed E-state index contributed by atoms with van der Waals surface area (Å²) in [5, 5.41) is 0. The average Bonchev–Trinajstić information content (AvgIpc) is 2.92. The van der Waals surface area contributed by atoms with Gasteiger partial charge < -0.3 is 4.74 Å². The highest BCUT2D eigenvalue weighted by atomic mass is 19.4. The molecule has 0 aliphatic carbocycles. The van der Waals surface area contributed by atoms with Crippen molar-refractivity contribution in [2.45, 2.75) is 24.6 Å². The van der Waals surface area contributed by atoms with Gasteiger partial charge in [0.1, 0.15) is 0 Å². The van der Waals surface area contributed by atoms with E-state index in [1.807, 2.05) is 30.3 Å². The van der Waals surface area contributed by atoms with Crippen LogP contribution in [0.1, 0.15) is 23.1 Å². The molecule has 0 amide bonds. The summed E-state index contributed by atoms with van der Waals surface area (Å²) < 4.78 is 43.4. The van der Waals surface area contributed by atoms with Gasteiger partial charge in [0.2, 0.25) is 5.90 Å². The third-order valence-electron chi connectivity index (χ3n) is 4.17. The Morgan fingerprint density at radius 2 is 1.73 bits per heavy atom. The summed E-state index contributed by atoms with van der Waals surface area (Å²) in [6.07, 6.45) is -2.25. The van der Waals surface area contributed by atoms with Gasteiger partial charge in [0.25, 0.3) is 0 Å². The predicted octanol–water partition coefficient (Wildman–Crippen LogP) is 4.57. The highest BCUT2D eigenvalue weighted by Crippen LogP contribution is 2.33. The van der Waals surface area contributed by atoms with E-state index in [2.05, 4.69) is 11.6 Å². The molecule has 26 heavy (non-hydrogen) atoms. The van der Waals surface area contributed by atoms with Crippen molar-refractivity contribution in [1.29, 1.82) is 0 Å². The van der Waals surface area contributed by atoms with Crippen molar-refractivity contribution in [3.63, 3.8) is 0 Å². The molecule has 1 aliphatic heterocycles. The first kappa shape index (κ1) is 17.9. The molecular formula is C20H16F3NO2. The van der Waals surface area contributed by atoms with Gasteiger partial charge in [0.05, 0.1) is 5.56 Å². The van der Waals surface area contributed by atoms with Crippen molar-refractivity contribution in [1.82, 2.24) is 0 Å². The lowest BCUT2D eigenvalue weighted by Gasteiger charge is -2.20. The number of hydrogen-bond acceptors (Lipinski definition) is 3. The first-order chi connectivity index (χ1) is 12.3. The van der Waals surface area contributed by atoms with E-state index in [9.17, 15) is 18.0 Å². The van der Waals surface area contributed by atoms with Gasteiger partial charge in [0, 0.05) is 18.4 Å². The molecular weight excluding hydrogens is 343 g/mol. The molecule has 2 aromatic carbocycles. The lowest BCUT2D eigenvalue weighted by atomic mass is 9.88. The smallest absolute Gasteiger partial charge is 0.405 e. The molecule has 1 heterocycles. The quantitative estimate of drug-likeness (QED) is 0.580. The number of carbonyl (C=O) groups excluding carboxylic acids is 1. The van der Waals surface area contributed by atoms with Crippen LogP contribution in [0.25, 0.3) is 0 Å². The van der Waals surface area contributed by atoms with Gasteiger partial charge in [-0.3, -0.25) is 0 Å². The average molecular weight is 359 g/mol. The molecule has 1 atom stereocenters. The van der Waals surface area contributed by atoms with E-state index >= 15 is 0 Å². The third-order valence-corrected chi connectivity index (χ3v) is 4.17. The van der Waals surface area contributed by atoms with Gasteiger partial charge in [-0.2, -0.15) is 13.2 Å². The van der Waals surface area contributed by atoms with Crippen molar-refractivity contribution in [2.24, 2.45) is 4.99 Å². The second-order valence-electron chi connectivity index (χ2n) is 6.07. The fourth-order valence-electron chi connectivity index (χ4n) is 2.86. The number of hydrogen-bond donors (Lipinski definition) is 0. The first-order valence-electron chi connectivity index (χ1n) is 7.99. The van der Waals surface area contributed by atoms with Crippen LogP contribution in [-0.2, 0) is 22.1 Å². The summed E-state index contributed by atoms with van der Waals surface area (Å²) in [5.74, 6) is -0.502. The molecule has 0 fully saturated rings. The van der Waals surface area contributed by atoms with E-state index in [0.717, 1.165) is 17.7 Å². The summed E-state index contributed by atoms with van der Waals surface area (Å²) >= 11 is 0. The molecule has 0 bridgehead atoms. The zero-order chi connectivity index (χ0) is 18.8. The van der Waals surface area contributed by atoms with E-state index in [4.69, 9.17) is 4.74 Å². The minimum absolute atomic E-state index is 0.0292. The summed E-state index contributed by atoms with van der Waals surface area (Å²) in [5.41, 5.74) is -0.692. The molecule has 0 saturated carbocycles. The monoisotopic (exact) mass is 359 g/mol.